The van der Waals surface area contributed by atoms with E-state index in [2.05, 4.69) is 64.2 Å². The fourth-order valence-corrected chi connectivity index (χ4v) is 10.4. The molecule has 0 saturated carbocycles. The third-order valence-corrected chi connectivity index (χ3v) is 16.3. The Kier molecular flexibility index (Phi) is 21.0. The fourth-order valence-electron chi connectivity index (χ4n) is 10.4. The minimum atomic E-state index is -0.759. The Morgan fingerprint density at radius 1 is 0.710 bits per heavy atom. The van der Waals surface area contributed by atoms with Crippen molar-refractivity contribution in [1.29, 1.82) is 0 Å². The van der Waals surface area contributed by atoms with Gasteiger partial charge in [-0.05, 0) is 146 Å². The number of ether oxygens (including phenoxy) is 5. The van der Waals surface area contributed by atoms with Gasteiger partial charge in [0.15, 0.2) is 0 Å². The van der Waals surface area contributed by atoms with Crippen molar-refractivity contribution >= 4 is 29.8 Å². The molecule has 0 amide bonds. The zero-order chi connectivity index (χ0) is 51.6. The molecule has 1 saturated heterocycles. The number of aliphatic hydroxyl groups is 2. The number of allylic oxidation sites excluding steroid dienone is 6. The Hall–Kier alpha value is -3.77. The van der Waals surface area contributed by atoms with E-state index < -0.39 is 40.5 Å². The first kappa shape index (κ1) is 57.8. The molecule has 12 nitrogen and oxygen atoms in total. The minimum absolute atomic E-state index is 0.0686. The highest BCUT2D eigenvalue weighted by Gasteiger charge is 2.45. The Balaban J connectivity index is 0.000000310. The molecule has 5 rings (SSSR count). The van der Waals surface area contributed by atoms with Crippen molar-refractivity contribution in [3.05, 3.63) is 47.6 Å². The number of cyclic esters (lactones) is 1. The molecule has 0 spiro atoms. The van der Waals surface area contributed by atoms with Crippen molar-refractivity contribution in [3.63, 3.8) is 0 Å². The molecule has 14 atom stereocenters. The third-order valence-electron chi connectivity index (χ3n) is 16.3. The van der Waals surface area contributed by atoms with Gasteiger partial charge in [0, 0.05) is 24.7 Å². The van der Waals surface area contributed by atoms with Gasteiger partial charge in [-0.1, -0.05) is 84.9 Å². The second-order valence-electron chi connectivity index (χ2n) is 23.2. The van der Waals surface area contributed by atoms with Crippen LogP contribution in [0.3, 0.4) is 0 Å². The van der Waals surface area contributed by atoms with E-state index in [1.165, 1.54) is 18.3 Å². The molecule has 1 heterocycles. The van der Waals surface area contributed by atoms with Gasteiger partial charge >= 0.3 is 29.8 Å². The summed E-state index contributed by atoms with van der Waals surface area (Å²) in [6.07, 6.45) is 17.9. The minimum Gasteiger partial charge on any atom is -0.469 e. The van der Waals surface area contributed by atoms with Crippen LogP contribution in [0, 0.1) is 63.6 Å². The largest absolute Gasteiger partial charge is 0.469 e. The molecule has 5 aliphatic rings. The summed E-state index contributed by atoms with van der Waals surface area (Å²) >= 11 is 0. The number of hydrogen-bond acceptors (Lipinski definition) is 12. The van der Waals surface area contributed by atoms with Gasteiger partial charge in [0.25, 0.3) is 0 Å². The summed E-state index contributed by atoms with van der Waals surface area (Å²) in [5.41, 5.74) is 0.776. The SMILES string of the molecule is CCC(C)(C)C(=O)O[C@H](CC(=O)OC)C[C@H](O)CC[C@@H]1C2C(=C[C@H](C)C[C@@H]2OC(=O)C(C)(C)CC)C=C[C@@H]1C.CCC(C)(C)C(=O)O[C@H]1C[C@@H](C)C=C2C=C[C@H](C)[C@H](CC[C@@H]3C[C@@H](O)CC(=O)O3)[C@H]21. The van der Waals surface area contributed by atoms with Crippen molar-refractivity contribution in [2.75, 3.05) is 7.11 Å². The second kappa shape index (κ2) is 25.1. The summed E-state index contributed by atoms with van der Waals surface area (Å²) in [5.74, 6) is 0.566. The van der Waals surface area contributed by atoms with Gasteiger partial charge in [-0.25, -0.2) is 0 Å². The molecule has 12 heteroatoms. The third kappa shape index (κ3) is 15.9. The molecular formula is C57H90O12. The highest BCUT2D eigenvalue weighted by atomic mass is 16.6. The molecule has 1 fully saturated rings. The first-order valence-corrected chi connectivity index (χ1v) is 26.3. The first-order valence-electron chi connectivity index (χ1n) is 26.3. The molecular weight excluding hydrogens is 877 g/mol. The summed E-state index contributed by atoms with van der Waals surface area (Å²) < 4.78 is 28.3. The van der Waals surface area contributed by atoms with Crippen LogP contribution in [0.5, 0.6) is 0 Å². The Labute approximate surface area is 414 Å². The molecule has 0 radical (unpaired) electrons. The summed E-state index contributed by atoms with van der Waals surface area (Å²) in [6, 6.07) is 0. The van der Waals surface area contributed by atoms with Gasteiger partial charge in [0.1, 0.15) is 24.4 Å². The summed E-state index contributed by atoms with van der Waals surface area (Å²) in [4.78, 5) is 62.3. The lowest BCUT2D eigenvalue weighted by Crippen LogP contribution is -2.43. The molecule has 1 unspecified atom stereocenters. The van der Waals surface area contributed by atoms with Crippen LogP contribution in [0.1, 0.15) is 173 Å². The smallest absolute Gasteiger partial charge is 0.311 e. The summed E-state index contributed by atoms with van der Waals surface area (Å²) in [7, 11) is 1.30. The van der Waals surface area contributed by atoms with Gasteiger partial charge in [-0.3, -0.25) is 24.0 Å². The van der Waals surface area contributed by atoms with Gasteiger partial charge < -0.3 is 33.9 Å². The maximum absolute atomic E-state index is 13.0. The van der Waals surface area contributed by atoms with Crippen LogP contribution in [-0.4, -0.2) is 83.8 Å². The number of carbonyl (C=O) groups excluding carboxylic acids is 5. The highest BCUT2D eigenvalue weighted by Crippen LogP contribution is 2.47. The zero-order valence-electron chi connectivity index (χ0n) is 44.7. The number of carbonyl (C=O) groups is 5. The number of rotatable bonds is 19. The predicted octanol–water partition coefficient (Wildman–Crippen LogP) is 10.8. The molecule has 0 aromatic carbocycles. The number of methoxy groups -OCH3 is 1. The van der Waals surface area contributed by atoms with Crippen molar-refractivity contribution in [1.82, 2.24) is 0 Å². The van der Waals surface area contributed by atoms with Gasteiger partial charge in [-0.2, -0.15) is 0 Å². The predicted molar refractivity (Wildman–Crippen MR) is 267 cm³/mol. The van der Waals surface area contributed by atoms with E-state index in [0.717, 1.165) is 32.1 Å². The van der Waals surface area contributed by atoms with Crippen LogP contribution >= 0.6 is 0 Å². The molecule has 0 aromatic rings. The van der Waals surface area contributed by atoms with E-state index in [0.29, 0.717) is 55.8 Å². The summed E-state index contributed by atoms with van der Waals surface area (Å²) in [5, 5.41) is 20.9. The standard InChI is InChI=1S/C32H52O7.C25H38O5/c1-10-31(5,6)29(35)38-24(19-27(34)37-9)18-23(33)14-15-25-21(4)12-13-22-16-20(3)17-26(28(22)25)39-30(36)32(7,8)11-2;1-6-25(4,5)24(28)30-21-12-15(2)11-17-8-7-16(3)20(23(17)21)10-9-19-13-18(26)14-22(27)29-19/h12-13,16,20-21,23-26,28,33H,10-11,14-15,17-19H2,1-9H3;7-8,11,15-16,18-21,23,26H,6,9-10,12-14H2,1-5H3/t20-,21-,23+,24-,25-,26-,28?;15-,16-,18+,19+,20-,21-,23-/m00/s1. The average molecular weight is 967 g/mol. The fraction of sp³-hybridized carbons (Fsp3) is 0.772. The van der Waals surface area contributed by atoms with E-state index in [1.807, 2.05) is 48.5 Å². The maximum Gasteiger partial charge on any atom is 0.311 e. The molecule has 0 bridgehead atoms. The van der Waals surface area contributed by atoms with Gasteiger partial charge in [0.2, 0.25) is 0 Å². The van der Waals surface area contributed by atoms with Gasteiger partial charge in [-0.15, -0.1) is 0 Å². The summed E-state index contributed by atoms with van der Waals surface area (Å²) in [6.45, 7) is 26.0. The normalized spacial score (nSPS) is 30.9. The van der Waals surface area contributed by atoms with Crippen molar-refractivity contribution in [3.8, 4) is 0 Å². The van der Waals surface area contributed by atoms with Crippen molar-refractivity contribution in [2.24, 2.45) is 63.6 Å². The topological polar surface area (TPSA) is 172 Å². The first-order chi connectivity index (χ1) is 32.2. The lowest BCUT2D eigenvalue weighted by molar-refractivity contribution is -0.166. The second-order valence-corrected chi connectivity index (χ2v) is 23.2. The Morgan fingerprint density at radius 2 is 1.17 bits per heavy atom. The number of hydrogen-bond donors (Lipinski definition) is 2. The van der Waals surface area contributed by atoms with Crippen LogP contribution in [-0.2, 0) is 47.7 Å². The van der Waals surface area contributed by atoms with Crippen LogP contribution in [0.15, 0.2) is 47.6 Å². The van der Waals surface area contributed by atoms with Crippen LogP contribution < -0.4 is 0 Å². The van der Waals surface area contributed by atoms with Crippen molar-refractivity contribution < 1.29 is 57.9 Å². The number of aliphatic hydroxyl groups excluding tert-OH is 2. The maximum atomic E-state index is 13.0. The molecule has 390 valence electrons. The van der Waals surface area contributed by atoms with Gasteiger partial charge in [0.05, 0.1) is 48.4 Å². The average Bonchev–Trinajstić information content (AvgIpc) is 3.28. The molecule has 1 aliphatic heterocycles. The molecule has 0 aromatic heterocycles. The van der Waals surface area contributed by atoms with Crippen LogP contribution in [0.4, 0.5) is 0 Å². The molecule has 69 heavy (non-hydrogen) atoms. The monoisotopic (exact) mass is 967 g/mol. The number of esters is 5. The highest BCUT2D eigenvalue weighted by molar-refractivity contribution is 5.77. The van der Waals surface area contributed by atoms with E-state index in [9.17, 15) is 34.2 Å². The molecule has 4 aliphatic carbocycles. The van der Waals surface area contributed by atoms with E-state index in [-0.39, 0.29) is 85.1 Å². The van der Waals surface area contributed by atoms with E-state index in [1.54, 1.807) is 13.8 Å². The van der Waals surface area contributed by atoms with Crippen molar-refractivity contribution in [2.45, 2.75) is 210 Å². The van der Waals surface area contributed by atoms with Crippen LogP contribution in [0.25, 0.3) is 0 Å². The lowest BCUT2D eigenvalue weighted by atomic mass is 9.65. The lowest BCUT2D eigenvalue weighted by Gasteiger charge is -2.44. The van der Waals surface area contributed by atoms with Crippen LogP contribution in [0.2, 0.25) is 0 Å². The zero-order valence-corrected chi connectivity index (χ0v) is 44.7. The quantitative estimate of drug-likeness (QED) is 0.0928. The number of fused-ring (bicyclic) bond motifs is 2. The molecule has 2 N–H and O–H groups in total. The van der Waals surface area contributed by atoms with E-state index in [4.69, 9.17) is 23.7 Å². The van der Waals surface area contributed by atoms with E-state index >= 15 is 0 Å². The Morgan fingerprint density at radius 3 is 1.62 bits per heavy atom. The Bertz CT molecular complexity index is 1890.